The number of morpholine rings is 1. The summed E-state index contributed by atoms with van der Waals surface area (Å²) in [7, 11) is 0. The van der Waals surface area contributed by atoms with Crippen LogP contribution in [-0.2, 0) is 4.74 Å². The van der Waals surface area contributed by atoms with Crippen LogP contribution in [0, 0.1) is 0 Å². The Kier molecular flexibility index (Phi) is 6.70. The zero-order chi connectivity index (χ0) is 22.5. The molecule has 0 aliphatic carbocycles. The monoisotopic (exact) mass is 442 g/mol. The summed E-state index contributed by atoms with van der Waals surface area (Å²) in [5.74, 6) is 0.929. The number of carbonyl (C=O) groups is 1. The Labute approximate surface area is 195 Å². The Morgan fingerprint density at radius 2 is 1.67 bits per heavy atom. The molecule has 3 aromatic carbocycles. The molecule has 33 heavy (non-hydrogen) atoms. The van der Waals surface area contributed by atoms with Crippen molar-refractivity contribution in [3.05, 3.63) is 90.0 Å². The summed E-state index contributed by atoms with van der Waals surface area (Å²) in [4.78, 5) is 15.0. The minimum Gasteiger partial charge on any atom is -0.491 e. The lowest BCUT2D eigenvalue weighted by Crippen LogP contribution is -2.52. The first-order valence-electron chi connectivity index (χ1n) is 11.8. The van der Waals surface area contributed by atoms with Gasteiger partial charge < -0.3 is 14.8 Å². The number of benzene rings is 3. The van der Waals surface area contributed by atoms with Gasteiger partial charge in [-0.2, -0.15) is 0 Å². The lowest BCUT2D eigenvalue weighted by atomic mass is 9.96. The number of amides is 1. The number of hydrogen-bond acceptors (Lipinski definition) is 4. The highest BCUT2D eigenvalue weighted by molar-refractivity contribution is 5.94. The molecule has 2 heterocycles. The maximum absolute atomic E-state index is 12.5. The van der Waals surface area contributed by atoms with E-state index in [0.717, 1.165) is 55.0 Å². The largest absolute Gasteiger partial charge is 0.491 e. The third kappa shape index (κ3) is 4.95. The van der Waals surface area contributed by atoms with Crippen LogP contribution in [0.2, 0.25) is 0 Å². The third-order valence-corrected chi connectivity index (χ3v) is 6.54. The number of nitrogens with zero attached hydrogens (tertiary/aromatic N) is 1. The molecule has 3 aromatic rings. The molecule has 2 atom stereocenters. The van der Waals surface area contributed by atoms with Crippen molar-refractivity contribution < 1.29 is 14.3 Å². The van der Waals surface area contributed by atoms with Gasteiger partial charge in [0.2, 0.25) is 0 Å². The number of fused-ring (bicyclic) bond motifs is 3. The molecule has 5 rings (SSSR count). The van der Waals surface area contributed by atoms with E-state index < -0.39 is 0 Å². The Morgan fingerprint density at radius 3 is 2.52 bits per heavy atom. The fourth-order valence-corrected chi connectivity index (χ4v) is 4.74. The van der Waals surface area contributed by atoms with Crippen molar-refractivity contribution in [3.8, 4) is 16.9 Å². The van der Waals surface area contributed by atoms with Crippen LogP contribution in [0.5, 0.6) is 5.75 Å². The molecule has 0 spiro atoms. The lowest BCUT2D eigenvalue weighted by Gasteiger charge is -2.44. The highest BCUT2D eigenvalue weighted by atomic mass is 16.5. The van der Waals surface area contributed by atoms with Gasteiger partial charge in [-0.1, -0.05) is 60.7 Å². The van der Waals surface area contributed by atoms with E-state index in [1.165, 1.54) is 0 Å². The molecule has 5 nitrogen and oxygen atoms in total. The predicted molar refractivity (Wildman–Crippen MR) is 129 cm³/mol. The zero-order valence-electron chi connectivity index (χ0n) is 18.8. The van der Waals surface area contributed by atoms with Crippen molar-refractivity contribution >= 4 is 5.91 Å². The molecule has 0 aromatic heterocycles. The van der Waals surface area contributed by atoms with Crippen LogP contribution in [0.3, 0.4) is 0 Å². The van der Waals surface area contributed by atoms with Crippen LogP contribution >= 0.6 is 0 Å². The summed E-state index contributed by atoms with van der Waals surface area (Å²) < 4.78 is 12.1. The highest BCUT2D eigenvalue weighted by Crippen LogP contribution is 2.38. The molecule has 170 valence electrons. The minimum atomic E-state index is -0.0154. The molecular formula is C28H30N2O3. The Bertz CT molecular complexity index is 1070. The van der Waals surface area contributed by atoms with Crippen molar-refractivity contribution in [2.75, 3.05) is 32.8 Å². The van der Waals surface area contributed by atoms with Gasteiger partial charge in [0.1, 0.15) is 18.5 Å². The summed E-state index contributed by atoms with van der Waals surface area (Å²) in [6.45, 7) is 3.99. The van der Waals surface area contributed by atoms with E-state index in [1.807, 2.05) is 60.7 Å². The van der Waals surface area contributed by atoms with Crippen molar-refractivity contribution in [2.45, 2.75) is 25.0 Å². The van der Waals surface area contributed by atoms with Crippen LogP contribution in [0.25, 0.3) is 11.1 Å². The molecule has 0 bridgehead atoms. The van der Waals surface area contributed by atoms with Gasteiger partial charge in [0.05, 0.1) is 12.6 Å². The molecule has 2 aliphatic rings. The van der Waals surface area contributed by atoms with Crippen LogP contribution in [0.1, 0.15) is 34.9 Å². The van der Waals surface area contributed by atoms with Crippen molar-refractivity contribution in [2.24, 2.45) is 0 Å². The molecule has 1 fully saturated rings. The topological polar surface area (TPSA) is 50.8 Å². The van der Waals surface area contributed by atoms with E-state index in [9.17, 15) is 4.79 Å². The molecule has 1 amide bonds. The van der Waals surface area contributed by atoms with E-state index in [-0.39, 0.29) is 18.1 Å². The Morgan fingerprint density at radius 1 is 0.909 bits per heavy atom. The summed E-state index contributed by atoms with van der Waals surface area (Å²) in [5.41, 5.74) is 4.12. The standard InChI is InChI=1S/C28H30N2O3/c31-28(23-14-12-22(13-15-23)21-8-2-1-3-9-21)29-16-6-7-17-30-18-19-32-27-24-10-4-5-11-26(24)33-20-25(27)30/h1-5,8-15,25,27H,6-7,16-20H2,(H,29,31)/t25-,27-/m1/s1. The molecule has 5 heteroatoms. The van der Waals surface area contributed by atoms with Gasteiger partial charge in [-0.05, 0) is 48.7 Å². The smallest absolute Gasteiger partial charge is 0.251 e. The average Bonchev–Trinajstić information content (AvgIpc) is 2.89. The molecular weight excluding hydrogens is 412 g/mol. The van der Waals surface area contributed by atoms with Crippen LogP contribution < -0.4 is 10.1 Å². The summed E-state index contributed by atoms with van der Waals surface area (Å²) >= 11 is 0. The normalized spacial score (nSPS) is 19.8. The second kappa shape index (κ2) is 10.2. The third-order valence-electron chi connectivity index (χ3n) is 6.54. The first-order chi connectivity index (χ1) is 16.3. The molecule has 0 saturated carbocycles. The second-order valence-electron chi connectivity index (χ2n) is 8.65. The maximum atomic E-state index is 12.5. The minimum absolute atomic E-state index is 0.0154. The van der Waals surface area contributed by atoms with E-state index in [1.54, 1.807) is 0 Å². The molecule has 0 unspecified atom stereocenters. The van der Waals surface area contributed by atoms with Gasteiger partial charge in [0.15, 0.2) is 0 Å². The number of nitrogens with one attached hydrogen (secondary N) is 1. The summed E-state index contributed by atoms with van der Waals surface area (Å²) in [5, 5.41) is 3.06. The second-order valence-corrected chi connectivity index (χ2v) is 8.65. The number of para-hydroxylation sites is 1. The number of carbonyl (C=O) groups excluding carboxylic acids is 1. The van der Waals surface area contributed by atoms with Gasteiger partial charge in [-0.15, -0.1) is 0 Å². The lowest BCUT2D eigenvalue weighted by molar-refractivity contribution is -0.0960. The molecule has 1 N–H and O–H groups in total. The highest BCUT2D eigenvalue weighted by Gasteiger charge is 2.38. The Hall–Kier alpha value is -3.15. The van der Waals surface area contributed by atoms with E-state index in [2.05, 4.69) is 28.4 Å². The molecule has 0 radical (unpaired) electrons. The van der Waals surface area contributed by atoms with Crippen LogP contribution in [-0.4, -0.2) is 49.7 Å². The predicted octanol–water partition coefficient (Wildman–Crippen LogP) is 4.70. The first kappa shape index (κ1) is 21.7. The van der Waals surface area contributed by atoms with Gasteiger partial charge in [-0.3, -0.25) is 9.69 Å². The van der Waals surface area contributed by atoms with Gasteiger partial charge in [-0.25, -0.2) is 0 Å². The maximum Gasteiger partial charge on any atom is 0.251 e. The summed E-state index contributed by atoms with van der Waals surface area (Å²) in [6.07, 6.45) is 2.06. The number of ether oxygens (including phenoxy) is 2. The van der Waals surface area contributed by atoms with Gasteiger partial charge in [0, 0.05) is 24.2 Å². The zero-order valence-corrected chi connectivity index (χ0v) is 18.8. The fraction of sp³-hybridized carbons (Fsp3) is 0.321. The van der Waals surface area contributed by atoms with E-state index >= 15 is 0 Å². The number of rotatable bonds is 7. The quantitative estimate of drug-likeness (QED) is 0.539. The SMILES string of the molecule is O=C(NCCCCN1CCO[C@@H]2c3ccccc3OC[C@H]21)c1ccc(-c2ccccc2)cc1. The van der Waals surface area contributed by atoms with Gasteiger partial charge in [0.25, 0.3) is 5.91 Å². The molecule has 2 aliphatic heterocycles. The van der Waals surface area contributed by atoms with Crippen LogP contribution in [0.15, 0.2) is 78.9 Å². The van der Waals surface area contributed by atoms with Gasteiger partial charge >= 0.3 is 0 Å². The van der Waals surface area contributed by atoms with Crippen LogP contribution in [0.4, 0.5) is 0 Å². The summed E-state index contributed by atoms with van der Waals surface area (Å²) in [6, 6.07) is 26.4. The van der Waals surface area contributed by atoms with Crippen molar-refractivity contribution in [3.63, 3.8) is 0 Å². The Balaban J connectivity index is 1.07. The number of hydrogen-bond donors (Lipinski definition) is 1. The van der Waals surface area contributed by atoms with Crippen molar-refractivity contribution in [1.82, 2.24) is 10.2 Å². The van der Waals surface area contributed by atoms with E-state index in [0.29, 0.717) is 18.7 Å². The number of unbranched alkanes of at least 4 members (excludes halogenated alkanes) is 1. The average molecular weight is 443 g/mol. The molecule has 1 saturated heterocycles. The van der Waals surface area contributed by atoms with Crippen molar-refractivity contribution in [1.29, 1.82) is 0 Å². The first-order valence-corrected chi connectivity index (χ1v) is 11.8. The fourth-order valence-electron chi connectivity index (χ4n) is 4.74. The van der Waals surface area contributed by atoms with E-state index in [4.69, 9.17) is 9.47 Å².